The molecule has 0 bridgehead atoms. The van der Waals surface area contributed by atoms with Gasteiger partial charge in [0, 0.05) is 13.1 Å². The van der Waals surface area contributed by atoms with Crippen LogP contribution in [0.15, 0.2) is 77.7 Å². The highest BCUT2D eigenvalue weighted by atomic mass is 32.2. The fourth-order valence-corrected chi connectivity index (χ4v) is 5.52. The van der Waals surface area contributed by atoms with Crippen molar-refractivity contribution in [2.24, 2.45) is 0 Å². The van der Waals surface area contributed by atoms with Crippen molar-refractivity contribution in [3.63, 3.8) is 0 Å². The number of unbranched alkanes of at least 4 members (excludes halogenated alkanes) is 1. The van der Waals surface area contributed by atoms with Gasteiger partial charge >= 0.3 is 0 Å². The van der Waals surface area contributed by atoms with Crippen molar-refractivity contribution >= 4 is 27.5 Å². The number of halogens is 1. The third-order valence-corrected chi connectivity index (χ3v) is 8.38. The van der Waals surface area contributed by atoms with Crippen LogP contribution in [0.1, 0.15) is 43.4 Å². The van der Waals surface area contributed by atoms with Gasteiger partial charge < -0.3 is 10.2 Å². The molecule has 0 fully saturated rings. The predicted octanol–water partition coefficient (Wildman–Crippen LogP) is 4.97. The number of amides is 2. The van der Waals surface area contributed by atoms with Crippen molar-refractivity contribution in [3.05, 3.63) is 95.3 Å². The van der Waals surface area contributed by atoms with Crippen LogP contribution in [0.2, 0.25) is 0 Å². The van der Waals surface area contributed by atoms with Crippen LogP contribution >= 0.6 is 0 Å². The minimum absolute atomic E-state index is 0.0695. The van der Waals surface area contributed by atoms with Gasteiger partial charge in [-0.3, -0.25) is 13.9 Å². The molecule has 7 nitrogen and oxygen atoms in total. The molecule has 0 spiro atoms. The van der Waals surface area contributed by atoms with Gasteiger partial charge in [-0.05, 0) is 62.6 Å². The maximum atomic E-state index is 15.0. The monoisotopic (exact) mass is 553 g/mol. The van der Waals surface area contributed by atoms with Crippen LogP contribution in [-0.4, -0.2) is 44.3 Å². The van der Waals surface area contributed by atoms with E-state index in [1.165, 1.54) is 35.2 Å². The van der Waals surface area contributed by atoms with Gasteiger partial charge in [0.05, 0.1) is 10.6 Å². The third kappa shape index (κ3) is 7.44. The van der Waals surface area contributed by atoms with E-state index in [1.807, 2.05) is 45.0 Å². The van der Waals surface area contributed by atoms with Gasteiger partial charge in [0.25, 0.3) is 10.0 Å². The standard InChI is InChI=1S/C30H36FN3O4S/c1-5-6-19-32-30(36)24(4)33(20-25-12-8-7-11-23(25)3)29(35)21-34(28-14-10-9-13-27(28)31)39(37,38)26-17-15-22(2)16-18-26/h7-18,24H,5-6,19-21H2,1-4H3,(H,32,36)/t24-/m1/s1. The largest absolute Gasteiger partial charge is 0.354 e. The minimum atomic E-state index is -4.32. The Kier molecular flexibility index (Phi) is 10.2. The van der Waals surface area contributed by atoms with Gasteiger partial charge in [0.1, 0.15) is 18.4 Å². The number of sulfonamides is 1. The zero-order valence-corrected chi connectivity index (χ0v) is 23.7. The van der Waals surface area contributed by atoms with Crippen LogP contribution in [0.3, 0.4) is 0 Å². The number of rotatable bonds is 12. The summed E-state index contributed by atoms with van der Waals surface area (Å²) in [7, 11) is -4.32. The topological polar surface area (TPSA) is 86.8 Å². The Morgan fingerprint density at radius 1 is 0.949 bits per heavy atom. The summed E-state index contributed by atoms with van der Waals surface area (Å²) >= 11 is 0. The summed E-state index contributed by atoms with van der Waals surface area (Å²) in [5, 5.41) is 2.85. The van der Waals surface area contributed by atoms with Gasteiger partial charge in [0.15, 0.2) is 0 Å². The van der Waals surface area contributed by atoms with Crippen molar-refractivity contribution in [1.29, 1.82) is 0 Å². The lowest BCUT2D eigenvalue weighted by molar-refractivity contribution is -0.139. The summed E-state index contributed by atoms with van der Waals surface area (Å²) in [6.45, 7) is 7.21. The van der Waals surface area contributed by atoms with Crippen LogP contribution in [0, 0.1) is 19.7 Å². The molecule has 3 aromatic rings. The van der Waals surface area contributed by atoms with Crippen LogP contribution in [0.25, 0.3) is 0 Å². The van der Waals surface area contributed by atoms with Crippen LogP contribution in [0.5, 0.6) is 0 Å². The van der Waals surface area contributed by atoms with Gasteiger partial charge in [-0.2, -0.15) is 0 Å². The molecular weight excluding hydrogens is 517 g/mol. The van der Waals surface area contributed by atoms with Gasteiger partial charge in [-0.15, -0.1) is 0 Å². The van der Waals surface area contributed by atoms with E-state index in [9.17, 15) is 22.4 Å². The van der Waals surface area contributed by atoms with Crippen LogP contribution in [0.4, 0.5) is 10.1 Å². The maximum absolute atomic E-state index is 15.0. The van der Waals surface area contributed by atoms with E-state index in [0.29, 0.717) is 6.54 Å². The minimum Gasteiger partial charge on any atom is -0.354 e. The second-order valence-corrected chi connectivity index (χ2v) is 11.4. The Morgan fingerprint density at radius 3 is 2.23 bits per heavy atom. The molecule has 0 saturated carbocycles. The molecule has 0 aliphatic carbocycles. The Bertz CT molecular complexity index is 1390. The van der Waals surface area contributed by atoms with E-state index in [1.54, 1.807) is 19.1 Å². The second-order valence-electron chi connectivity index (χ2n) is 9.54. The normalized spacial score (nSPS) is 12.0. The molecule has 3 rings (SSSR count). The van der Waals surface area contributed by atoms with E-state index < -0.39 is 34.3 Å². The lowest BCUT2D eigenvalue weighted by atomic mass is 10.1. The average molecular weight is 554 g/mol. The maximum Gasteiger partial charge on any atom is 0.264 e. The van der Waals surface area contributed by atoms with Crippen molar-refractivity contribution in [2.45, 2.75) is 58.0 Å². The smallest absolute Gasteiger partial charge is 0.264 e. The van der Waals surface area contributed by atoms with Crippen LogP contribution < -0.4 is 9.62 Å². The molecule has 3 aromatic carbocycles. The summed E-state index contributed by atoms with van der Waals surface area (Å²) in [5.41, 5.74) is 2.35. The number of carbonyl (C=O) groups excluding carboxylic acids is 2. The summed E-state index contributed by atoms with van der Waals surface area (Å²) in [5.74, 6) is -1.75. The number of hydrogen-bond acceptors (Lipinski definition) is 4. The van der Waals surface area contributed by atoms with Gasteiger partial charge in [-0.1, -0.05) is 67.4 Å². The van der Waals surface area contributed by atoms with E-state index in [0.717, 1.165) is 39.9 Å². The highest BCUT2D eigenvalue weighted by Crippen LogP contribution is 2.27. The molecule has 0 aromatic heterocycles. The SMILES string of the molecule is CCCCNC(=O)[C@@H](C)N(Cc1ccccc1C)C(=O)CN(c1ccccc1F)S(=O)(=O)c1ccc(C)cc1. The van der Waals surface area contributed by atoms with Crippen LogP contribution in [-0.2, 0) is 26.2 Å². The molecule has 2 amide bonds. The Labute approximate surface area is 230 Å². The van der Waals surface area contributed by atoms with Gasteiger partial charge in [-0.25, -0.2) is 12.8 Å². The van der Waals surface area contributed by atoms with Crippen molar-refractivity contribution < 1.29 is 22.4 Å². The van der Waals surface area contributed by atoms with E-state index in [2.05, 4.69) is 5.32 Å². The molecule has 208 valence electrons. The molecular formula is C30H36FN3O4S. The zero-order valence-electron chi connectivity index (χ0n) is 22.9. The van der Waals surface area contributed by atoms with E-state index in [4.69, 9.17) is 0 Å². The quantitative estimate of drug-likeness (QED) is 0.321. The average Bonchev–Trinajstić information content (AvgIpc) is 2.91. The highest BCUT2D eigenvalue weighted by Gasteiger charge is 2.33. The Morgan fingerprint density at radius 2 is 1.59 bits per heavy atom. The molecule has 0 unspecified atom stereocenters. The molecule has 9 heteroatoms. The molecule has 0 aliphatic heterocycles. The fraction of sp³-hybridized carbons (Fsp3) is 0.333. The summed E-state index contributed by atoms with van der Waals surface area (Å²) in [6.07, 6.45) is 1.69. The number of para-hydroxylation sites is 1. The summed E-state index contributed by atoms with van der Waals surface area (Å²) < 4.78 is 43.3. The lowest BCUT2D eigenvalue weighted by Crippen LogP contribution is -2.51. The first-order valence-corrected chi connectivity index (χ1v) is 14.5. The Balaban J connectivity index is 2.02. The number of hydrogen-bond donors (Lipinski definition) is 1. The second kappa shape index (κ2) is 13.4. The molecule has 0 saturated heterocycles. The van der Waals surface area contributed by atoms with E-state index in [-0.39, 0.29) is 23.0 Å². The highest BCUT2D eigenvalue weighted by molar-refractivity contribution is 7.92. The molecule has 0 heterocycles. The fourth-order valence-electron chi connectivity index (χ4n) is 4.09. The number of nitrogens with zero attached hydrogens (tertiary/aromatic N) is 2. The van der Waals surface area contributed by atoms with Gasteiger partial charge in [0.2, 0.25) is 11.8 Å². The zero-order chi connectivity index (χ0) is 28.6. The number of carbonyl (C=O) groups is 2. The first kappa shape index (κ1) is 29.8. The van der Waals surface area contributed by atoms with Crippen molar-refractivity contribution in [2.75, 3.05) is 17.4 Å². The first-order chi connectivity index (χ1) is 18.6. The van der Waals surface area contributed by atoms with Crippen molar-refractivity contribution in [3.8, 4) is 0 Å². The lowest BCUT2D eigenvalue weighted by Gasteiger charge is -2.32. The summed E-state index contributed by atoms with van der Waals surface area (Å²) in [6, 6.07) is 18.1. The molecule has 0 radical (unpaired) electrons. The molecule has 1 atom stereocenters. The molecule has 39 heavy (non-hydrogen) atoms. The molecule has 1 N–H and O–H groups in total. The summed E-state index contributed by atoms with van der Waals surface area (Å²) in [4.78, 5) is 28.2. The number of anilines is 1. The van der Waals surface area contributed by atoms with E-state index >= 15 is 0 Å². The number of benzene rings is 3. The molecule has 0 aliphatic rings. The Hall–Kier alpha value is -3.72. The number of aryl methyl sites for hydroxylation is 2. The predicted molar refractivity (Wildman–Crippen MR) is 151 cm³/mol. The number of nitrogens with one attached hydrogen (secondary N) is 1. The van der Waals surface area contributed by atoms with Crippen molar-refractivity contribution in [1.82, 2.24) is 10.2 Å². The third-order valence-electron chi connectivity index (χ3n) is 6.61. The first-order valence-electron chi connectivity index (χ1n) is 13.0.